The Morgan fingerprint density at radius 3 is 1.40 bits per heavy atom. The van der Waals surface area contributed by atoms with Crippen LogP contribution in [-0.4, -0.2) is 70.2 Å². The predicted octanol–water partition coefficient (Wildman–Crippen LogP) is -1.48. The molecule has 136 valence electrons. The van der Waals surface area contributed by atoms with E-state index in [0.717, 1.165) is 0 Å². The van der Waals surface area contributed by atoms with Crippen LogP contribution in [0.2, 0.25) is 0 Å². The van der Waals surface area contributed by atoms with Gasteiger partial charge in [0.1, 0.15) is 0 Å². The molecule has 2 aliphatic heterocycles. The van der Waals surface area contributed by atoms with Gasteiger partial charge in [0.05, 0.1) is 13.1 Å². The van der Waals surface area contributed by atoms with Gasteiger partial charge in [0, 0.05) is 25.7 Å². The molecule has 4 amide bonds. The molecule has 0 N–H and O–H groups in total. The highest BCUT2D eigenvalue weighted by atomic mass is 16.7. The Hall–Kier alpha value is -2.82. The van der Waals surface area contributed by atoms with Crippen LogP contribution in [0.4, 0.5) is 0 Å². The fourth-order valence-electron chi connectivity index (χ4n) is 2.22. The van der Waals surface area contributed by atoms with Crippen molar-refractivity contribution in [3.05, 3.63) is 0 Å². The average Bonchev–Trinajstić information content (AvgIpc) is 3.04. The Bertz CT molecular complexity index is 548. The molecule has 0 aromatic rings. The number of likely N-dealkylation sites (N-methyl/N-ethyl adjacent to an activating group) is 1. The van der Waals surface area contributed by atoms with Gasteiger partial charge in [-0.3, -0.25) is 24.1 Å². The minimum atomic E-state index is -0.897. The summed E-state index contributed by atoms with van der Waals surface area (Å²) in [5, 5.41) is 0.826. The minimum Gasteiger partial charge on any atom is -0.329 e. The SMILES string of the molecule is CCN(CC(=O)ON1C(=O)CCC1=O)CC(=O)ON1C(=O)CCC1=O. The minimum absolute atomic E-state index is 0.0200. The van der Waals surface area contributed by atoms with E-state index in [0.29, 0.717) is 10.1 Å². The second-order valence-corrected chi connectivity index (χ2v) is 5.39. The molecular formula is C14H17N3O8. The van der Waals surface area contributed by atoms with Crippen LogP contribution in [0.5, 0.6) is 0 Å². The number of nitrogens with zero attached hydrogens (tertiary/aromatic N) is 3. The molecule has 2 fully saturated rings. The lowest BCUT2D eigenvalue weighted by molar-refractivity contribution is -0.201. The summed E-state index contributed by atoms with van der Waals surface area (Å²) < 4.78 is 0. The maximum absolute atomic E-state index is 11.8. The molecule has 0 aromatic heterocycles. The Kier molecular flexibility index (Phi) is 5.80. The normalized spacial score (nSPS) is 17.7. The standard InChI is InChI=1S/C14H17N3O8/c1-2-15(7-13(22)24-16-9(18)3-4-10(16)19)8-14(23)25-17-11(20)5-6-12(17)21/h2-8H2,1H3. The van der Waals surface area contributed by atoms with E-state index in [1.807, 2.05) is 0 Å². The highest BCUT2D eigenvalue weighted by Gasteiger charge is 2.34. The van der Waals surface area contributed by atoms with E-state index in [1.165, 1.54) is 4.90 Å². The first-order valence-electron chi connectivity index (χ1n) is 7.67. The molecule has 0 aromatic carbocycles. The van der Waals surface area contributed by atoms with Gasteiger partial charge < -0.3 is 9.68 Å². The lowest BCUT2D eigenvalue weighted by atomic mass is 10.4. The molecule has 0 saturated carbocycles. The first-order valence-corrected chi connectivity index (χ1v) is 7.67. The molecule has 2 heterocycles. The van der Waals surface area contributed by atoms with Gasteiger partial charge in [0.2, 0.25) is 0 Å². The molecule has 0 radical (unpaired) electrons. The van der Waals surface area contributed by atoms with Crippen LogP contribution in [-0.2, 0) is 38.4 Å². The van der Waals surface area contributed by atoms with Crippen molar-refractivity contribution in [2.24, 2.45) is 0 Å². The number of rotatable bonds is 7. The van der Waals surface area contributed by atoms with E-state index in [1.54, 1.807) is 6.92 Å². The number of hydrogen-bond donors (Lipinski definition) is 0. The summed E-state index contributed by atoms with van der Waals surface area (Å²) in [5.74, 6) is -4.21. The fraction of sp³-hybridized carbons (Fsp3) is 0.571. The van der Waals surface area contributed by atoms with E-state index in [9.17, 15) is 28.8 Å². The average molecular weight is 355 g/mol. The lowest BCUT2D eigenvalue weighted by Gasteiger charge is -2.20. The van der Waals surface area contributed by atoms with Gasteiger partial charge in [-0.05, 0) is 6.54 Å². The second-order valence-electron chi connectivity index (χ2n) is 5.39. The zero-order valence-electron chi connectivity index (χ0n) is 13.6. The molecular weight excluding hydrogens is 338 g/mol. The van der Waals surface area contributed by atoms with Crippen molar-refractivity contribution in [3.8, 4) is 0 Å². The quantitative estimate of drug-likeness (QED) is 0.502. The van der Waals surface area contributed by atoms with Crippen molar-refractivity contribution < 1.29 is 38.4 Å². The monoisotopic (exact) mass is 355 g/mol. The van der Waals surface area contributed by atoms with E-state index in [4.69, 9.17) is 9.68 Å². The summed E-state index contributed by atoms with van der Waals surface area (Å²) in [6.07, 6.45) is -0.0801. The predicted molar refractivity (Wildman–Crippen MR) is 76.5 cm³/mol. The zero-order valence-corrected chi connectivity index (χ0v) is 13.6. The fourth-order valence-corrected chi connectivity index (χ4v) is 2.22. The van der Waals surface area contributed by atoms with Gasteiger partial charge in [0.25, 0.3) is 23.6 Å². The van der Waals surface area contributed by atoms with Gasteiger partial charge in [-0.25, -0.2) is 9.59 Å². The molecule has 0 atom stereocenters. The Balaban J connectivity index is 1.83. The molecule has 0 unspecified atom stereocenters. The Morgan fingerprint density at radius 1 is 0.800 bits per heavy atom. The third kappa shape index (κ3) is 4.59. The van der Waals surface area contributed by atoms with Crippen molar-refractivity contribution in [2.45, 2.75) is 32.6 Å². The molecule has 2 saturated heterocycles. The van der Waals surface area contributed by atoms with E-state index in [-0.39, 0.29) is 45.3 Å². The lowest BCUT2D eigenvalue weighted by Crippen LogP contribution is -2.41. The number of amides is 4. The van der Waals surface area contributed by atoms with Gasteiger partial charge >= 0.3 is 11.9 Å². The molecule has 0 spiro atoms. The molecule has 11 nitrogen and oxygen atoms in total. The molecule has 11 heteroatoms. The number of imide groups is 2. The van der Waals surface area contributed by atoms with E-state index >= 15 is 0 Å². The van der Waals surface area contributed by atoms with Crippen molar-refractivity contribution in [2.75, 3.05) is 19.6 Å². The Morgan fingerprint density at radius 2 is 1.12 bits per heavy atom. The van der Waals surface area contributed by atoms with Crippen molar-refractivity contribution >= 4 is 35.6 Å². The van der Waals surface area contributed by atoms with Gasteiger partial charge in [-0.2, -0.15) is 0 Å². The van der Waals surface area contributed by atoms with Crippen LogP contribution in [0.1, 0.15) is 32.6 Å². The van der Waals surface area contributed by atoms with Gasteiger partial charge in [-0.1, -0.05) is 6.92 Å². The van der Waals surface area contributed by atoms with Crippen molar-refractivity contribution in [1.29, 1.82) is 0 Å². The van der Waals surface area contributed by atoms with Crippen LogP contribution >= 0.6 is 0 Å². The van der Waals surface area contributed by atoms with Crippen molar-refractivity contribution in [1.82, 2.24) is 15.0 Å². The largest absolute Gasteiger partial charge is 0.347 e. The zero-order chi connectivity index (χ0) is 18.6. The summed E-state index contributed by atoms with van der Waals surface area (Å²) >= 11 is 0. The van der Waals surface area contributed by atoms with Crippen molar-refractivity contribution in [3.63, 3.8) is 0 Å². The van der Waals surface area contributed by atoms with E-state index < -0.39 is 35.6 Å². The molecule has 2 rings (SSSR count). The molecule has 2 aliphatic rings. The van der Waals surface area contributed by atoms with Crippen LogP contribution in [0.3, 0.4) is 0 Å². The maximum Gasteiger partial charge on any atom is 0.347 e. The molecule has 25 heavy (non-hydrogen) atoms. The van der Waals surface area contributed by atoms with Gasteiger partial charge in [-0.15, -0.1) is 10.1 Å². The number of hydrogen-bond acceptors (Lipinski definition) is 9. The maximum atomic E-state index is 11.8. The molecule has 0 bridgehead atoms. The van der Waals surface area contributed by atoms with Crippen LogP contribution in [0, 0.1) is 0 Å². The van der Waals surface area contributed by atoms with E-state index in [2.05, 4.69) is 0 Å². The topological polar surface area (TPSA) is 131 Å². The third-order valence-electron chi connectivity index (χ3n) is 3.55. The number of carbonyl (C=O) groups excluding carboxylic acids is 6. The second kappa shape index (κ2) is 7.83. The smallest absolute Gasteiger partial charge is 0.329 e. The summed E-state index contributed by atoms with van der Waals surface area (Å²) in [6.45, 7) is 1.13. The highest BCUT2D eigenvalue weighted by Crippen LogP contribution is 2.13. The number of carbonyl (C=O) groups is 6. The summed E-state index contributed by atoms with van der Waals surface area (Å²) in [6, 6.07) is 0. The molecule has 0 aliphatic carbocycles. The Labute approximate surface area is 142 Å². The first kappa shape index (κ1) is 18.5. The summed E-state index contributed by atoms with van der Waals surface area (Å²) in [5.41, 5.74) is 0. The highest BCUT2D eigenvalue weighted by molar-refractivity contribution is 6.02. The van der Waals surface area contributed by atoms with Gasteiger partial charge in [0.15, 0.2) is 0 Å². The third-order valence-corrected chi connectivity index (χ3v) is 3.55. The van der Waals surface area contributed by atoms with Crippen LogP contribution < -0.4 is 0 Å². The first-order chi connectivity index (χ1) is 11.8. The number of hydroxylamine groups is 4. The summed E-state index contributed by atoms with van der Waals surface area (Å²) in [4.78, 5) is 79.8. The van der Waals surface area contributed by atoms with Crippen LogP contribution in [0.15, 0.2) is 0 Å². The summed E-state index contributed by atoms with van der Waals surface area (Å²) in [7, 11) is 0. The van der Waals surface area contributed by atoms with Crippen LogP contribution in [0.25, 0.3) is 0 Å².